The third-order valence-corrected chi connectivity index (χ3v) is 5.26. The average molecular weight is 495 g/mol. The van der Waals surface area contributed by atoms with E-state index < -0.39 is 0 Å². The lowest BCUT2D eigenvalue weighted by atomic mass is 9.93. The monoisotopic (exact) mass is 494 g/mol. The lowest BCUT2D eigenvalue weighted by Crippen LogP contribution is -2.09. The summed E-state index contributed by atoms with van der Waals surface area (Å²) < 4.78 is 16.6. The van der Waals surface area contributed by atoms with Crippen LogP contribution in [0.4, 0.5) is 0 Å². The summed E-state index contributed by atoms with van der Waals surface area (Å²) in [5.41, 5.74) is 3.62. The lowest BCUT2D eigenvalue weighted by molar-refractivity contribution is 0.345. The molecule has 3 aromatic carbocycles. The maximum atomic E-state index is 13.0. The van der Waals surface area contributed by atoms with Crippen molar-refractivity contribution in [3.63, 3.8) is 0 Å². The van der Waals surface area contributed by atoms with Gasteiger partial charge in [-0.2, -0.15) is 0 Å². The Kier molecular flexibility index (Phi) is 8.51. The van der Waals surface area contributed by atoms with Crippen molar-refractivity contribution in [2.75, 3.05) is 19.0 Å². The molecule has 0 bridgehead atoms. The van der Waals surface area contributed by atoms with E-state index in [0.717, 1.165) is 33.2 Å². The zero-order chi connectivity index (χ0) is 22.9. The highest BCUT2D eigenvalue weighted by Gasteiger charge is 2.17. The topological polar surface area (TPSA) is 48.7 Å². The number of rotatable bonds is 7. The lowest BCUT2D eigenvalue weighted by Gasteiger charge is -2.13. The van der Waals surface area contributed by atoms with Gasteiger partial charge in [-0.3, -0.25) is 0 Å². The fraction of sp³-hybridized carbons (Fsp3) is 0.222. The zero-order valence-corrected chi connectivity index (χ0v) is 20.1. The molecule has 0 amide bonds. The second kappa shape index (κ2) is 11.5. The standard InChI is InChI=1S/C25H21BrO4.C2H6/c1-28-20-11-12-21-22(15-17-7-9-19(10-8-17)29-14-13-26)24(18-5-3-2-4-6-18)25(27)30-23(21)16-20;1-2/h2-12,16H,13-15H2,1H3;1-2H3. The maximum Gasteiger partial charge on any atom is 0.344 e. The fourth-order valence-electron chi connectivity index (χ4n) is 3.52. The Morgan fingerprint density at radius 1 is 0.906 bits per heavy atom. The van der Waals surface area contributed by atoms with Gasteiger partial charge in [0.15, 0.2) is 0 Å². The Balaban J connectivity index is 0.00000141. The molecule has 0 atom stereocenters. The van der Waals surface area contributed by atoms with Gasteiger partial charge in [0.1, 0.15) is 17.1 Å². The Morgan fingerprint density at radius 2 is 1.59 bits per heavy atom. The van der Waals surface area contributed by atoms with E-state index in [0.29, 0.717) is 29.9 Å². The van der Waals surface area contributed by atoms with E-state index >= 15 is 0 Å². The molecular weight excluding hydrogens is 468 g/mol. The van der Waals surface area contributed by atoms with Crippen LogP contribution in [0.3, 0.4) is 0 Å². The molecule has 5 heteroatoms. The molecule has 32 heavy (non-hydrogen) atoms. The first-order chi connectivity index (χ1) is 15.7. The number of hydrogen-bond donors (Lipinski definition) is 0. The van der Waals surface area contributed by atoms with Gasteiger partial charge in [-0.25, -0.2) is 4.79 Å². The molecule has 0 fully saturated rings. The van der Waals surface area contributed by atoms with Gasteiger partial charge in [-0.1, -0.05) is 72.2 Å². The van der Waals surface area contributed by atoms with Crippen molar-refractivity contribution < 1.29 is 13.9 Å². The molecule has 0 spiro atoms. The van der Waals surface area contributed by atoms with Crippen LogP contribution in [0, 0.1) is 0 Å². The smallest absolute Gasteiger partial charge is 0.344 e. The molecule has 1 heterocycles. The van der Waals surface area contributed by atoms with Crippen LogP contribution in [0.1, 0.15) is 25.0 Å². The molecule has 0 radical (unpaired) electrons. The van der Waals surface area contributed by atoms with E-state index in [1.54, 1.807) is 13.2 Å². The molecule has 166 valence electrons. The van der Waals surface area contributed by atoms with Crippen molar-refractivity contribution in [1.82, 2.24) is 0 Å². The van der Waals surface area contributed by atoms with E-state index in [4.69, 9.17) is 13.9 Å². The first kappa shape index (κ1) is 23.6. The highest BCUT2D eigenvalue weighted by atomic mass is 79.9. The van der Waals surface area contributed by atoms with Gasteiger partial charge in [0.2, 0.25) is 0 Å². The normalized spacial score (nSPS) is 10.4. The maximum absolute atomic E-state index is 13.0. The summed E-state index contributed by atoms with van der Waals surface area (Å²) >= 11 is 3.36. The van der Waals surface area contributed by atoms with E-state index in [2.05, 4.69) is 15.9 Å². The molecule has 1 aromatic heterocycles. The zero-order valence-electron chi connectivity index (χ0n) is 18.6. The molecular formula is C27H27BrO4. The van der Waals surface area contributed by atoms with Crippen LogP contribution >= 0.6 is 15.9 Å². The molecule has 0 aliphatic carbocycles. The summed E-state index contributed by atoms with van der Waals surface area (Å²) in [6.07, 6.45) is 0.595. The van der Waals surface area contributed by atoms with Crippen LogP contribution in [0.15, 0.2) is 82.0 Å². The van der Waals surface area contributed by atoms with Crippen molar-refractivity contribution in [1.29, 1.82) is 0 Å². The minimum atomic E-state index is -0.353. The number of methoxy groups -OCH3 is 1. The molecule has 4 aromatic rings. The summed E-state index contributed by atoms with van der Waals surface area (Å²) in [5, 5.41) is 1.68. The summed E-state index contributed by atoms with van der Waals surface area (Å²) in [6, 6.07) is 23.2. The second-order valence-electron chi connectivity index (χ2n) is 6.83. The van der Waals surface area contributed by atoms with Crippen LogP contribution in [0.5, 0.6) is 11.5 Å². The van der Waals surface area contributed by atoms with E-state index in [-0.39, 0.29) is 5.63 Å². The van der Waals surface area contributed by atoms with Crippen molar-refractivity contribution in [3.05, 3.63) is 94.3 Å². The Bertz CT molecular complexity index is 1200. The second-order valence-corrected chi connectivity index (χ2v) is 7.62. The number of alkyl halides is 1. The summed E-state index contributed by atoms with van der Waals surface area (Å²) in [5.74, 6) is 1.47. The summed E-state index contributed by atoms with van der Waals surface area (Å²) in [6.45, 7) is 4.61. The highest BCUT2D eigenvalue weighted by molar-refractivity contribution is 9.09. The quantitative estimate of drug-likeness (QED) is 0.208. The SMILES string of the molecule is CC.COc1ccc2c(Cc3ccc(OCCBr)cc3)c(-c3ccccc3)c(=O)oc2c1. The average Bonchev–Trinajstić information content (AvgIpc) is 2.85. The van der Waals surface area contributed by atoms with Gasteiger partial charge in [0.25, 0.3) is 0 Å². The first-order valence-electron chi connectivity index (χ1n) is 10.7. The summed E-state index contributed by atoms with van der Waals surface area (Å²) in [7, 11) is 1.59. The van der Waals surface area contributed by atoms with E-state index in [9.17, 15) is 4.79 Å². The Labute approximate surface area is 196 Å². The van der Waals surface area contributed by atoms with Gasteiger partial charge in [-0.15, -0.1) is 0 Å². The van der Waals surface area contributed by atoms with Gasteiger partial charge in [0, 0.05) is 16.8 Å². The number of benzene rings is 3. The number of hydrogen-bond acceptors (Lipinski definition) is 4. The number of fused-ring (bicyclic) bond motifs is 1. The van der Waals surface area contributed by atoms with Crippen molar-refractivity contribution in [3.8, 4) is 22.6 Å². The molecule has 0 saturated heterocycles. The third kappa shape index (κ3) is 5.40. The molecule has 0 saturated carbocycles. The first-order valence-corrected chi connectivity index (χ1v) is 11.8. The number of ether oxygens (including phenoxy) is 2. The van der Waals surface area contributed by atoms with Gasteiger partial charge in [0.05, 0.1) is 19.3 Å². The van der Waals surface area contributed by atoms with Crippen molar-refractivity contribution in [2.24, 2.45) is 0 Å². The molecule has 0 aliphatic rings. The van der Waals surface area contributed by atoms with Crippen LogP contribution in [-0.4, -0.2) is 19.0 Å². The van der Waals surface area contributed by atoms with Crippen LogP contribution in [-0.2, 0) is 6.42 Å². The largest absolute Gasteiger partial charge is 0.497 e. The Hall–Kier alpha value is -3.05. The minimum Gasteiger partial charge on any atom is -0.497 e. The van der Waals surface area contributed by atoms with Crippen LogP contribution in [0.25, 0.3) is 22.1 Å². The fourth-order valence-corrected chi connectivity index (χ4v) is 3.68. The Morgan fingerprint density at radius 3 is 2.25 bits per heavy atom. The van der Waals surface area contributed by atoms with Gasteiger partial charge < -0.3 is 13.9 Å². The number of halogens is 1. The molecule has 0 aliphatic heterocycles. The summed E-state index contributed by atoms with van der Waals surface area (Å²) in [4.78, 5) is 13.0. The molecule has 0 unspecified atom stereocenters. The molecule has 4 rings (SSSR count). The van der Waals surface area contributed by atoms with Crippen LogP contribution in [0.2, 0.25) is 0 Å². The predicted molar refractivity (Wildman–Crippen MR) is 134 cm³/mol. The van der Waals surface area contributed by atoms with Crippen molar-refractivity contribution in [2.45, 2.75) is 20.3 Å². The minimum absolute atomic E-state index is 0.353. The van der Waals surface area contributed by atoms with Crippen molar-refractivity contribution >= 4 is 26.9 Å². The third-order valence-electron chi connectivity index (χ3n) is 4.94. The van der Waals surface area contributed by atoms with Gasteiger partial charge in [-0.05, 0) is 47.4 Å². The highest BCUT2D eigenvalue weighted by Crippen LogP contribution is 2.31. The predicted octanol–water partition coefficient (Wildman–Crippen LogP) is 6.86. The van der Waals surface area contributed by atoms with E-state index in [1.165, 1.54) is 0 Å². The molecule has 4 nitrogen and oxygen atoms in total. The van der Waals surface area contributed by atoms with E-state index in [1.807, 2.05) is 80.6 Å². The molecule has 0 N–H and O–H groups in total. The van der Waals surface area contributed by atoms with Crippen LogP contribution < -0.4 is 15.1 Å². The van der Waals surface area contributed by atoms with Gasteiger partial charge >= 0.3 is 5.63 Å².